The number of fused-ring (bicyclic) bond motifs is 3. The molecular weight excluding hydrogens is 316 g/mol. The number of aliphatic imine (C=N–C) groups is 1. The standard InChI is InChI=1S/C18H36N6O/c1-4-19-17(20-13-16-14-22-5-7-23(16)8-6-22)21-15-18(2,3)24-9-11-25-12-10-24/h16H,4-15H2,1-3H3,(H2,19,20,21). The zero-order chi connectivity index (χ0) is 17.7. The van der Waals surface area contributed by atoms with Crippen molar-refractivity contribution in [3.8, 4) is 0 Å². The lowest BCUT2D eigenvalue weighted by Crippen LogP contribution is -2.63. The molecule has 1 unspecified atom stereocenters. The third-order valence-electron chi connectivity index (χ3n) is 5.73. The SMILES string of the molecule is CCNC(=NCC(C)(C)N1CCOCC1)NCC1CN2CCN1CC2. The van der Waals surface area contributed by atoms with Crippen LogP contribution in [0, 0.1) is 0 Å². The Morgan fingerprint density at radius 3 is 2.40 bits per heavy atom. The van der Waals surface area contributed by atoms with Crippen molar-refractivity contribution in [3.05, 3.63) is 0 Å². The number of nitrogens with one attached hydrogen (secondary N) is 2. The first-order chi connectivity index (χ1) is 12.1. The van der Waals surface area contributed by atoms with Gasteiger partial charge in [0.1, 0.15) is 0 Å². The number of piperazine rings is 3. The van der Waals surface area contributed by atoms with Crippen LogP contribution in [0.4, 0.5) is 0 Å². The van der Waals surface area contributed by atoms with Gasteiger partial charge in [-0.1, -0.05) is 0 Å². The van der Waals surface area contributed by atoms with E-state index in [1.807, 2.05) is 0 Å². The van der Waals surface area contributed by atoms with Crippen LogP contribution in [-0.2, 0) is 4.74 Å². The molecule has 25 heavy (non-hydrogen) atoms. The van der Waals surface area contributed by atoms with E-state index in [1.165, 1.54) is 32.7 Å². The Labute approximate surface area is 152 Å². The molecule has 4 fully saturated rings. The van der Waals surface area contributed by atoms with Gasteiger partial charge in [-0.3, -0.25) is 19.7 Å². The maximum Gasteiger partial charge on any atom is 0.191 e. The van der Waals surface area contributed by atoms with Gasteiger partial charge in [-0.15, -0.1) is 0 Å². The van der Waals surface area contributed by atoms with E-state index in [0.29, 0.717) is 6.04 Å². The number of guanidine groups is 1. The summed E-state index contributed by atoms with van der Waals surface area (Å²) in [6.07, 6.45) is 0. The van der Waals surface area contributed by atoms with Crippen LogP contribution in [-0.4, -0.2) is 111 Å². The molecule has 144 valence electrons. The van der Waals surface area contributed by atoms with Crippen LogP contribution in [0.2, 0.25) is 0 Å². The highest BCUT2D eigenvalue weighted by Crippen LogP contribution is 2.17. The lowest BCUT2D eigenvalue weighted by molar-refractivity contribution is -0.00686. The minimum Gasteiger partial charge on any atom is -0.379 e. The number of rotatable bonds is 6. The fraction of sp³-hybridized carbons (Fsp3) is 0.944. The zero-order valence-corrected chi connectivity index (χ0v) is 16.3. The normalized spacial score (nSPS) is 31.2. The van der Waals surface area contributed by atoms with E-state index in [2.05, 4.69) is 46.1 Å². The van der Waals surface area contributed by atoms with E-state index in [4.69, 9.17) is 9.73 Å². The van der Waals surface area contributed by atoms with Crippen LogP contribution in [0.15, 0.2) is 4.99 Å². The molecule has 2 bridgehead atoms. The van der Waals surface area contributed by atoms with Crippen LogP contribution < -0.4 is 10.6 Å². The number of hydrogen-bond donors (Lipinski definition) is 2. The van der Waals surface area contributed by atoms with Gasteiger partial charge in [-0.25, -0.2) is 0 Å². The molecule has 0 aromatic rings. The van der Waals surface area contributed by atoms with E-state index in [-0.39, 0.29) is 5.54 Å². The molecule has 0 amide bonds. The van der Waals surface area contributed by atoms with E-state index in [9.17, 15) is 0 Å². The molecule has 4 aliphatic rings. The largest absolute Gasteiger partial charge is 0.379 e. The molecule has 0 aromatic heterocycles. The molecule has 2 N–H and O–H groups in total. The molecule has 0 aromatic carbocycles. The summed E-state index contributed by atoms with van der Waals surface area (Å²) in [6.45, 7) is 19.1. The molecule has 4 rings (SSSR count). The highest BCUT2D eigenvalue weighted by Gasteiger charge is 2.32. The number of ether oxygens (including phenoxy) is 1. The lowest BCUT2D eigenvalue weighted by Gasteiger charge is -2.47. The summed E-state index contributed by atoms with van der Waals surface area (Å²) >= 11 is 0. The van der Waals surface area contributed by atoms with Crippen molar-refractivity contribution >= 4 is 5.96 Å². The summed E-state index contributed by atoms with van der Waals surface area (Å²) in [6, 6.07) is 0.610. The van der Waals surface area contributed by atoms with Crippen molar-refractivity contribution in [3.63, 3.8) is 0 Å². The van der Waals surface area contributed by atoms with Crippen LogP contribution in [0.5, 0.6) is 0 Å². The zero-order valence-electron chi connectivity index (χ0n) is 16.3. The van der Waals surface area contributed by atoms with Crippen molar-refractivity contribution in [2.24, 2.45) is 4.99 Å². The Balaban J connectivity index is 1.51. The van der Waals surface area contributed by atoms with E-state index >= 15 is 0 Å². The van der Waals surface area contributed by atoms with Gasteiger partial charge in [-0.2, -0.15) is 0 Å². The van der Waals surface area contributed by atoms with Gasteiger partial charge in [0.15, 0.2) is 5.96 Å². The minimum atomic E-state index is 0.0608. The van der Waals surface area contributed by atoms with Crippen LogP contribution in [0.3, 0.4) is 0 Å². The predicted molar refractivity (Wildman–Crippen MR) is 102 cm³/mol. The molecule has 4 heterocycles. The van der Waals surface area contributed by atoms with Gasteiger partial charge < -0.3 is 15.4 Å². The Hall–Kier alpha value is -0.890. The fourth-order valence-electron chi connectivity index (χ4n) is 4.02. The molecule has 0 saturated carbocycles. The van der Waals surface area contributed by atoms with E-state index in [0.717, 1.165) is 51.9 Å². The summed E-state index contributed by atoms with van der Waals surface area (Å²) in [5, 5.41) is 6.98. The van der Waals surface area contributed by atoms with Gasteiger partial charge in [0.05, 0.1) is 19.8 Å². The third kappa shape index (κ3) is 5.06. The molecule has 0 radical (unpaired) electrons. The Kier molecular flexibility index (Phi) is 6.55. The first kappa shape index (κ1) is 18.9. The molecule has 1 atom stereocenters. The van der Waals surface area contributed by atoms with E-state index < -0.39 is 0 Å². The first-order valence-corrected chi connectivity index (χ1v) is 9.90. The van der Waals surface area contributed by atoms with Crippen LogP contribution in [0.25, 0.3) is 0 Å². The van der Waals surface area contributed by atoms with E-state index in [1.54, 1.807) is 0 Å². The monoisotopic (exact) mass is 352 g/mol. The predicted octanol–water partition coefficient (Wildman–Crippen LogP) is -0.348. The highest BCUT2D eigenvalue weighted by atomic mass is 16.5. The topological polar surface area (TPSA) is 55.4 Å². The highest BCUT2D eigenvalue weighted by molar-refractivity contribution is 5.79. The summed E-state index contributed by atoms with van der Waals surface area (Å²) in [5.41, 5.74) is 0.0608. The minimum absolute atomic E-state index is 0.0608. The van der Waals surface area contributed by atoms with Crippen molar-refractivity contribution in [2.75, 3.05) is 78.7 Å². The van der Waals surface area contributed by atoms with Crippen LogP contribution >= 0.6 is 0 Å². The van der Waals surface area contributed by atoms with Gasteiger partial charge >= 0.3 is 0 Å². The summed E-state index contributed by atoms with van der Waals surface area (Å²) in [5.74, 6) is 0.946. The Bertz CT molecular complexity index is 441. The third-order valence-corrected chi connectivity index (χ3v) is 5.73. The van der Waals surface area contributed by atoms with Crippen molar-refractivity contribution < 1.29 is 4.74 Å². The quantitative estimate of drug-likeness (QED) is 0.504. The smallest absolute Gasteiger partial charge is 0.191 e. The van der Waals surface area contributed by atoms with Crippen molar-refractivity contribution in [2.45, 2.75) is 32.4 Å². The van der Waals surface area contributed by atoms with Gasteiger partial charge in [0, 0.05) is 70.5 Å². The maximum atomic E-state index is 5.48. The Morgan fingerprint density at radius 2 is 1.80 bits per heavy atom. The maximum absolute atomic E-state index is 5.48. The number of hydrogen-bond acceptors (Lipinski definition) is 5. The van der Waals surface area contributed by atoms with Crippen molar-refractivity contribution in [1.29, 1.82) is 0 Å². The molecule has 4 saturated heterocycles. The molecule has 0 aliphatic carbocycles. The molecule has 4 aliphatic heterocycles. The van der Waals surface area contributed by atoms with Gasteiger partial charge in [-0.05, 0) is 20.8 Å². The average Bonchev–Trinajstić information content (AvgIpc) is 2.66. The van der Waals surface area contributed by atoms with Gasteiger partial charge in [0.2, 0.25) is 0 Å². The van der Waals surface area contributed by atoms with Gasteiger partial charge in [0.25, 0.3) is 0 Å². The average molecular weight is 353 g/mol. The number of nitrogens with zero attached hydrogens (tertiary/aromatic N) is 4. The molecule has 7 nitrogen and oxygen atoms in total. The lowest BCUT2D eigenvalue weighted by atomic mass is 10.0. The Morgan fingerprint density at radius 1 is 1.08 bits per heavy atom. The molecule has 0 spiro atoms. The summed E-state index contributed by atoms with van der Waals surface area (Å²) in [4.78, 5) is 12.6. The first-order valence-electron chi connectivity index (χ1n) is 9.90. The number of morpholine rings is 1. The molecular formula is C18H36N6O. The molecule has 7 heteroatoms. The summed E-state index contributed by atoms with van der Waals surface area (Å²) < 4.78 is 5.48. The second-order valence-electron chi connectivity index (χ2n) is 7.98. The van der Waals surface area contributed by atoms with Crippen LogP contribution in [0.1, 0.15) is 20.8 Å². The fourth-order valence-corrected chi connectivity index (χ4v) is 4.02. The second kappa shape index (κ2) is 8.66. The van der Waals surface area contributed by atoms with Crippen molar-refractivity contribution in [1.82, 2.24) is 25.3 Å². The second-order valence-corrected chi connectivity index (χ2v) is 7.98. The summed E-state index contributed by atoms with van der Waals surface area (Å²) in [7, 11) is 0.